The zero-order valence-electron chi connectivity index (χ0n) is 12.3. The van der Waals surface area contributed by atoms with E-state index in [0.717, 1.165) is 24.5 Å². The molecule has 102 valence electrons. The van der Waals surface area contributed by atoms with Gasteiger partial charge >= 0.3 is 0 Å². The summed E-state index contributed by atoms with van der Waals surface area (Å²) in [5.41, 5.74) is 3.79. The molecule has 0 bridgehead atoms. The number of hydrogen-bond acceptors (Lipinski definition) is 2. The van der Waals surface area contributed by atoms with E-state index in [1.807, 2.05) is 0 Å². The monoisotopic (exact) mass is 257 g/mol. The summed E-state index contributed by atoms with van der Waals surface area (Å²) >= 11 is 0. The van der Waals surface area contributed by atoms with Crippen LogP contribution >= 0.6 is 0 Å². The van der Waals surface area contributed by atoms with Crippen LogP contribution in [-0.2, 0) is 6.42 Å². The molecular weight excluding hydrogens is 234 g/mol. The first-order valence-corrected chi connectivity index (χ1v) is 7.00. The van der Waals surface area contributed by atoms with Crippen molar-refractivity contribution in [1.82, 2.24) is 5.32 Å². The molecule has 0 amide bonds. The molecule has 0 saturated heterocycles. The Morgan fingerprint density at radius 1 is 1.16 bits per heavy atom. The van der Waals surface area contributed by atoms with Crippen molar-refractivity contribution in [3.05, 3.63) is 47.2 Å². The largest absolute Gasteiger partial charge is 0.461 e. The fourth-order valence-corrected chi connectivity index (χ4v) is 2.37. The molecule has 0 aliphatic carbocycles. The number of rotatable bonds is 5. The van der Waals surface area contributed by atoms with Gasteiger partial charge in [0.25, 0.3) is 0 Å². The standard InChI is InChI=1S/C17H23NO/c1-5-18-13(3)11-15-9-10-17(19-15)16-8-6-7-12(2)14(16)4/h6-10,13,18H,5,11H2,1-4H3. The van der Waals surface area contributed by atoms with Gasteiger partial charge in [-0.1, -0.05) is 25.1 Å². The molecule has 1 unspecified atom stereocenters. The quantitative estimate of drug-likeness (QED) is 0.872. The van der Waals surface area contributed by atoms with E-state index in [9.17, 15) is 0 Å². The maximum Gasteiger partial charge on any atom is 0.134 e. The van der Waals surface area contributed by atoms with Crippen LogP contribution in [-0.4, -0.2) is 12.6 Å². The van der Waals surface area contributed by atoms with Gasteiger partial charge in [-0.2, -0.15) is 0 Å². The Kier molecular flexibility index (Phi) is 4.43. The van der Waals surface area contributed by atoms with Crippen LogP contribution in [0.3, 0.4) is 0 Å². The third-order valence-corrected chi connectivity index (χ3v) is 3.59. The molecule has 0 aliphatic rings. The van der Waals surface area contributed by atoms with E-state index >= 15 is 0 Å². The zero-order chi connectivity index (χ0) is 13.8. The molecule has 0 spiro atoms. The molecular formula is C17H23NO. The van der Waals surface area contributed by atoms with Gasteiger partial charge in [-0.3, -0.25) is 0 Å². The summed E-state index contributed by atoms with van der Waals surface area (Å²) in [6.45, 7) is 9.58. The summed E-state index contributed by atoms with van der Waals surface area (Å²) in [5.74, 6) is 2.02. The highest BCUT2D eigenvalue weighted by molar-refractivity contribution is 5.63. The molecule has 2 nitrogen and oxygen atoms in total. The predicted octanol–water partition coefficient (Wildman–Crippen LogP) is 4.10. The van der Waals surface area contributed by atoms with E-state index < -0.39 is 0 Å². The predicted molar refractivity (Wildman–Crippen MR) is 80.5 cm³/mol. The molecule has 0 fully saturated rings. The van der Waals surface area contributed by atoms with E-state index in [1.54, 1.807) is 0 Å². The Bertz CT molecular complexity index is 542. The summed E-state index contributed by atoms with van der Waals surface area (Å²) in [6.07, 6.45) is 0.929. The average molecular weight is 257 g/mol. The Balaban J connectivity index is 2.19. The third-order valence-electron chi connectivity index (χ3n) is 3.59. The highest BCUT2D eigenvalue weighted by Crippen LogP contribution is 2.27. The lowest BCUT2D eigenvalue weighted by atomic mass is 10.0. The molecule has 1 aromatic carbocycles. The summed E-state index contributed by atoms with van der Waals surface area (Å²) in [7, 11) is 0. The van der Waals surface area contributed by atoms with Gasteiger partial charge in [0.1, 0.15) is 11.5 Å². The van der Waals surface area contributed by atoms with E-state index in [-0.39, 0.29) is 0 Å². The smallest absolute Gasteiger partial charge is 0.134 e. The van der Waals surface area contributed by atoms with Gasteiger partial charge < -0.3 is 9.73 Å². The van der Waals surface area contributed by atoms with Gasteiger partial charge in [0.05, 0.1) is 0 Å². The van der Waals surface area contributed by atoms with Crippen molar-refractivity contribution in [2.45, 2.75) is 40.2 Å². The van der Waals surface area contributed by atoms with Crippen molar-refractivity contribution >= 4 is 0 Å². The molecule has 19 heavy (non-hydrogen) atoms. The number of hydrogen-bond donors (Lipinski definition) is 1. The van der Waals surface area contributed by atoms with Crippen LogP contribution in [0.5, 0.6) is 0 Å². The fraction of sp³-hybridized carbons (Fsp3) is 0.412. The molecule has 0 saturated carbocycles. The molecule has 1 N–H and O–H groups in total. The lowest BCUT2D eigenvalue weighted by Gasteiger charge is -2.10. The molecule has 1 heterocycles. The first-order chi connectivity index (χ1) is 9.11. The second-order valence-electron chi connectivity index (χ2n) is 5.18. The van der Waals surface area contributed by atoms with Crippen LogP contribution < -0.4 is 5.32 Å². The van der Waals surface area contributed by atoms with Gasteiger partial charge in [-0.25, -0.2) is 0 Å². The minimum atomic E-state index is 0.447. The second-order valence-corrected chi connectivity index (χ2v) is 5.18. The molecule has 0 aliphatic heterocycles. The van der Waals surface area contributed by atoms with Crippen molar-refractivity contribution < 1.29 is 4.42 Å². The molecule has 2 rings (SSSR count). The maximum atomic E-state index is 5.98. The molecule has 2 aromatic rings. The Morgan fingerprint density at radius 2 is 1.95 bits per heavy atom. The molecule has 2 heteroatoms. The number of benzene rings is 1. The minimum Gasteiger partial charge on any atom is -0.461 e. The van der Waals surface area contributed by atoms with Gasteiger partial charge in [0.15, 0.2) is 0 Å². The summed E-state index contributed by atoms with van der Waals surface area (Å²) in [4.78, 5) is 0. The molecule has 1 atom stereocenters. The van der Waals surface area contributed by atoms with E-state index in [1.165, 1.54) is 16.7 Å². The lowest BCUT2D eigenvalue weighted by molar-refractivity contribution is 0.470. The first kappa shape index (κ1) is 13.9. The van der Waals surface area contributed by atoms with Crippen LogP contribution in [0.2, 0.25) is 0 Å². The number of nitrogens with one attached hydrogen (secondary N) is 1. The van der Waals surface area contributed by atoms with Gasteiger partial charge in [-0.05, 0) is 50.6 Å². The summed E-state index contributed by atoms with van der Waals surface area (Å²) in [6, 6.07) is 11.0. The van der Waals surface area contributed by atoms with Crippen LogP contribution in [0.25, 0.3) is 11.3 Å². The van der Waals surface area contributed by atoms with E-state index in [4.69, 9.17) is 4.42 Å². The number of furan rings is 1. The van der Waals surface area contributed by atoms with Crippen molar-refractivity contribution in [2.75, 3.05) is 6.54 Å². The normalized spacial score (nSPS) is 12.6. The minimum absolute atomic E-state index is 0.447. The van der Waals surface area contributed by atoms with Crippen LogP contribution in [0.1, 0.15) is 30.7 Å². The van der Waals surface area contributed by atoms with Crippen molar-refractivity contribution in [3.63, 3.8) is 0 Å². The van der Waals surface area contributed by atoms with E-state index in [2.05, 4.69) is 63.3 Å². The number of aryl methyl sites for hydroxylation is 1. The van der Waals surface area contributed by atoms with Crippen LogP contribution in [0.4, 0.5) is 0 Å². The number of likely N-dealkylation sites (N-methyl/N-ethyl adjacent to an activating group) is 1. The zero-order valence-corrected chi connectivity index (χ0v) is 12.3. The summed E-state index contributed by atoms with van der Waals surface area (Å²) < 4.78 is 5.98. The highest BCUT2D eigenvalue weighted by Gasteiger charge is 2.10. The van der Waals surface area contributed by atoms with Crippen molar-refractivity contribution in [3.8, 4) is 11.3 Å². The van der Waals surface area contributed by atoms with Gasteiger partial charge in [0.2, 0.25) is 0 Å². The van der Waals surface area contributed by atoms with Crippen LogP contribution in [0.15, 0.2) is 34.7 Å². The van der Waals surface area contributed by atoms with E-state index in [0.29, 0.717) is 6.04 Å². The fourth-order valence-electron chi connectivity index (χ4n) is 2.37. The average Bonchev–Trinajstić information content (AvgIpc) is 2.81. The van der Waals surface area contributed by atoms with Crippen molar-refractivity contribution in [1.29, 1.82) is 0 Å². The Morgan fingerprint density at radius 3 is 2.68 bits per heavy atom. The molecule has 1 aromatic heterocycles. The maximum absolute atomic E-state index is 5.98. The Hall–Kier alpha value is -1.54. The topological polar surface area (TPSA) is 25.2 Å². The van der Waals surface area contributed by atoms with Crippen molar-refractivity contribution in [2.24, 2.45) is 0 Å². The Labute approximate surface area is 115 Å². The van der Waals surface area contributed by atoms with Gasteiger partial charge in [0, 0.05) is 18.0 Å². The second kappa shape index (κ2) is 6.07. The highest BCUT2D eigenvalue weighted by atomic mass is 16.3. The summed E-state index contributed by atoms with van der Waals surface area (Å²) in [5, 5.41) is 3.40. The third kappa shape index (κ3) is 3.27. The SMILES string of the molecule is CCNC(C)Cc1ccc(-c2cccc(C)c2C)o1. The first-order valence-electron chi connectivity index (χ1n) is 7.00. The van der Waals surface area contributed by atoms with Crippen LogP contribution in [0, 0.1) is 13.8 Å². The van der Waals surface area contributed by atoms with Gasteiger partial charge in [-0.15, -0.1) is 0 Å². The lowest BCUT2D eigenvalue weighted by Crippen LogP contribution is -2.27. The molecule has 0 radical (unpaired) electrons.